The molecule has 2 N–H and O–H groups in total. The van der Waals surface area contributed by atoms with Gasteiger partial charge in [0.2, 0.25) is 0 Å². The Morgan fingerprint density at radius 2 is 2.06 bits per heavy atom. The number of aliphatic hydroxyl groups excluding tert-OH is 1. The zero-order valence-corrected chi connectivity index (χ0v) is 11.0. The Balaban J connectivity index is 1.86. The highest BCUT2D eigenvalue weighted by molar-refractivity contribution is 6.33. The van der Waals surface area contributed by atoms with Gasteiger partial charge in [-0.3, -0.25) is 4.79 Å². The molecule has 1 aromatic carbocycles. The molecular formula is C14H18ClNO2. The van der Waals surface area contributed by atoms with E-state index in [2.05, 4.69) is 5.32 Å². The van der Waals surface area contributed by atoms with Gasteiger partial charge in [-0.15, -0.1) is 0 Å². The molecular weight excluding hydrogens is 250 g/mol. The fraction of sp³-hybridized carbons (Fsp3) is 0.500. The highest BCUT2D eigenvalue weighted by Crippen LogP contribution is 2.27. The SMILES string of the molecule is O=C(NCC(O)C1CCCC1)c1ccccc1Cl. The van der Waals surface area contributed by atoms with Crippen LogP contribution in [0.2, 0.25) is 5.02 Å². The Morgan fingerprint density at radius 3 is 2.72 bits per heavy atom. The number of nitrogens with one attached hydrogen (secondary N) is 1. The van der Waals surface area contributed by atoms with Gasteiger partial charge in [-0.05, 0) is 30.9 Å². The van der Waals surface area contributed by atoms with Crippen molar-refractivity contribution in [3.05, 3.63) is 34.9 Å². The van der Waals surface area contributed by atoms with Crippen LogP contribution >= 0.6 is 11.6 Å². The predicted octanol–water partition coefficient (Wildman–Crippen LogP) is 2.62. The van der Waals surface area contributed by atoms with Gasteiger partial charge in [-0.1, -0.05) is 36.6 Å². The van der Waals surface area contributed by atoms with Crippen LogP contribution in [-0.2, 0) is 0 Å². The standard InChI is InChI=1S/C14H18ClNO2/c15-12-8-4-3-7-11(12)14(18)16-9-13(17)10-5-1-2-6-10/h3-4,7-8,10,13,17H,1-2,5-6,9H2,(H,16,18). The summed E-state index contributed by atoms with van der Waals surface area (Å²) in [7, 11) is 0. The number of benzene rings is 1. The predicted molar refractivity (Wildman–Crippen MR) is 71.8 cm³/mol. The van der Waals surface area contributed by atoms with Gasteiger partial charge in [0.1, 0.15) is 0 Å². The molecule has 1 unspecified atom stereocenters. The van der Waals surface area contributed by atoms with Crippen LogP contribution in [0.1, 0.15) is 36.0 Å². The summed E-state index contributed by atoms with van der Waals surface area (Å²) < 4.78 is 0. The van der Waals surface area contributed by atoms with Crippen molar-refractivity contribution < 1.29 is 9.90 Å². The summed E-state index contributed by atoms with van der Waals surface area (Å²) in [5, 5.41) is 13.1. The van der Waals surface area contributed by atoms with E-state index >= 15 is 0 Å². The maximum absolute atomic E-state index is 11.9. The molecule has 1 aliphatic carbocycles. The first-order chi connectivity index (χ1) is 8.68. The number of carbonyl (C=O) groups excluding carboxylic acids is 1. The molecule has 0 bridgehead atoms. The van der Waals surface area contributed by atoms with Crippen LogP contribution < -0.4 is 5.32 Å². The van der Waals surface area contributed by atoms with Crippen molar-refractivity contribution in [1.82, 2.24) is 5.32 Å². The van der Waals surface area contributed by atoms with E-state index < -0.39 is 6.10 Å². The number of rotatable bonds is 4. The molecule has 98 valence electrons. The molecule has 0 radical (unpaired) electrons. The summed E-state index contributed by atoms with van der Waals surface area (Å²) in [5.74, 6) is 0.106. The Kier molecular flexibility index (Phi) is 4.61. The van der Waals surface area contributed by atoms with Gasteiger partial charge < -0.3 is 10.4 Å². The lowest BCUT2D eigenvalue weighted by Crippen LogP contribution is -2.35. The molecule has 1 aliphatic rings. The van der Waals surface area contributed by atoms with Crippen molar-refractivity contribution in [3.8, 4) is 0 Å². The summed E-state index contributed by atoms with van der Waals surface area (Å²) in [6.07, 6.45) is 4.03. The lowest BCUT2D eigenvalue weighted by molar-refractivity contribution is 0.0840. The minimum atomic E-state index is -0.445. The monoisotopic (exact) mass is 267 g/mol. The summed E-state index contributed by atoms with van der Waals surface area (Å²) in [6, 6.07) is 6.92. The second-order valence-corrected chi connectivity index (χ2v) is 5.21. The highest BCUT2D eigenvalue weighted by Gasteiger charge is 2.23. The largest absolute Gasteiger partial charge is 0.391 e. The Bertz CT molecular complexity index is 416. The Hall–Kier alpha value is -1.06. The number of hydrogen-bond acceptors (Lipinski definition) is 2. The smallest absolute Gasteiger partial charge is 0.252 e. The van der Waals surface area contributed by atoms with Crippen molar-refractivity contribution >= 4 is 17.5 Å². The van der Waals surface area contributed by atoms with Crippen LogP contribution in [0.15, 0.2) is 24.3 Å². The minimum absolute atomic E-state index is 0.224. The van der Waals surface area contributed by atoms with Crippen molar-refractivity contribution in [1.29, 1.82) is 0 Å². The molecule has 3 nitrogen and oxygen atoms in total. The summed E-state index contributed by atoms with van der Waals surface area (Å²) >= 11 is 5.94. The minimum Gasteiger partial charge on any atom is -0.391 e. The highest BCUT2D eigenvalue weighted by atomic mass is 35.5. The van der Waals surface area contributed by atoms with E-state index in [-0.39, 0.29) is 5.91 Å². The lowest BCUT2D eigenvalue weighted by atomic mass is 10.0. The number of hydrogen-bond donors (Lipinski definition) is 2. The van der Waals surface area contributed by atoms with E-state index in [4.69, 9.17) is 11.6 Å². The average molecular weight is 268 g/mol. The van der Waals surface area contributed by atoms with Crippen LogP contribution in [0.5, 0.6) is 0 Å². The normalized spacial score (nSPS) is 17.7. The second kappa shape index (κ2) is 6.21. The molecule has 1 amide bonds. The number of amides is 1. The van der Waals surface area contributed by atoms with E-state index in [1.54, 1.807) is 24.3 Å². The molecule has 1 saturated carbocycles. The fourth-order valence-corrected chi connectivity index (χ4v) is 2.67. The maximum atomic E-state index is 11.9. The summed E-state index contributed by atoms with van der Waals surface area (Å²) in [4.78, 5) is 11.9. The van der Waals surface area contributed by atoms with Crippen molar-refractivity contribution in [3.63, 3.8) is 0 Å². The maximum Gasteiger partial charge on any atom is 0.252 e. The molecule has 18 heavy (non-hydrogen) atoms. The van der Waals surface area contributed by atoms with Crippen molar-refractivity contribution in [2.24, 2.45) is 5.92 Å². The van der Waals surface area contributed by atoms with Gasteiger partial charge in [-0.25, -0.2) is 0 Å². The van der Waals surface area contributed by atoms with E-state index in [1.807, 2.05) is 0 Å². The van der Waals surface area contributed by atoms with Crippen LogP contribution in [0, 0.1) is 5.92 Å². The molecule has 1 aromatic rings. The third-order valence-electron chi connectivity index (χ3n) is 3.53. The first-order valence-corrected chi connectivity index (χ1v) is 6.77. The van der Waals surface area contributed by atoms with Gasteiger partial charge in [0, 0.05) is 6.54 Å². The number of halogens is 1. The zero-order chi connectivity index (χ0) is 13.0. The molecule has 1 fully saturated rings. The van der Waals surface area contributed by atoms with Crippen LogP contribution in [-0.4, -0.2) is 23.7 Å². The summed E-state index contributed by atoms with van der Waals surface area (Å²) in [5.41, 5.74) is 0.456. The van der Waals surface area contributed by atoms with Crippen molar-refractivity contribution in [2.45, 2.75) is 31.8 Å². The first-order valence-electron chi connectivity index (χ1n) is 6.39. The van der Waals surface area contributed by atoms with Crippen LogP contribution in [0.4, 0.5) is 0 Å². The molecule has 1 atom stereocenters. The molecule has 0 spiro atoms. The third kappa shape index (κ3) is 3.24. The van der Waals surface area contributed by atoms with Gasteiger partial charge in [0.05, 0.1) is 16.7 Å². The molecule has 4 heteroatoms. The average Bonchev–Trinajstić information content (AvgIpc) is 2.90. The Morgan fingerprint density at radius 1 is 1.39 bits per heavy atom. The Labute approximate surface area is 112 Å². The topological polar surface area (TPSA) is 49.3 Å². The van der Waals surface area contributed by atoms with E-state index in [0.717, 1.165) is 12.8 Å². The zero-order valence-electron chi connectivity index (χ0n) is 10.2. The summed E-state index contributed by atoms with van der Waals surface area (Å²) in [6.45, 7) is 0.300. The molecule has 0 aromatic heterocycles. The quantitative estimate of drug-likeness (QED) is 0.881. The third-order valence-corrected chi connectivity index (χ3v) is 3.86. The van der Waals surface area contributed by atoms with Gasteiger partial charge in [0.15, 0.2) is 0 Å². The molecule has 0 heterocycles. The van der Waals surface area contributed by atoms with Crippen LogP contribution in [0.3, 0.4) is 0 Å². The van der Waals surface area contributed by atoms with Gasteiger partial charge in [0.25, 0.3) is 5.91 Å². The lowest BCUT2D eigenvalue weighted by Gasteiger charge is -2.18. The first kappa shape index (κ1) is 13.4. The second-order valence-electron chi connectivity index (χ2n) is 4.80. The molecule has 2 rings (SSSR count). The van der Waals surface area contributed by atoms with E-state index in [9.17, 15) is 9.90 Å². The fourth-order valence-electron chi connectivity index (χ4n) is 2.45. The number of aliphatic hydroxyl groups is 1. The van der Waals surface area contributed by atoms with Gasteiger partial charge in [-0.2, -0.15) is 0 Å². The van der Waals surface area contributed by atoms with Crippen LogP contribution in [0.25, 0.3) is 0 Å². The van der Waals surface area contributed by atoms with Gasteiger partial charge >= 0.3 is 0 Å². The molecule has 0 saturated heterocycles. The van der Waals surface area contributed by atoms with E-state index in [0.29, 0.717) is 23.0 Å². The number of carbonyl (C=O) groups is 1. The van der Waals surface area contributed by atoms with E-state index in [1.165, 1.54) is 12.8 Å². The van der Waals surface area contributed by atoms with Crippen molar-refractivity contribution in [2.75, 3.05) is 6.54 Å². The molecule has 0 aliphatic heterocycles.